The van der Waals surface area contributed by atoms with Crippen LogP contribution < -0.4 is 0 Å². The summed E-state index contributed by atoms with van der Waals surface area (Å²) in [5.74, 6) is 1.41. The van der Waals surface area contributed by atoms with Crippen molar-refractivity contribution in [2.75, 3.05) is 13.2 Å². The minimum atomic E-state index is 0.611. The third kappa shape index (κ3) is 7.51. The van der Waals surface area contributed by atoms with Gasteiger partial charge in [-0.3, -0.25) is 0 Å². The molecule has 0 spiro atoms. The Kier molecular flexibility index (Phi) is 8.07. The van der Waals surface area contributed by atoms with Gasteiger partial charge in [-0.05, 0) is 18.3 Å². The molecule has 0 heterocycles. The van der Waals surface area contributed by atoms with Gasteiger partial charge in [0.1, 0.15) is 0 Å². The van der Waals surface area contributed by atoms with Gasteiger partial charge in [-0.1, -0.05) is 50.0 Å². The maximum absolute atomic E-state index is 5.56. The van der Waals surface area contributed by atoms with Gasteiger partial charge in [0, 0.05) is 18.0 Å². The minimum Gasteiger partial charge on any atom is -0.381 e. The Bertz CT molecular complexity index is 113. The molecule has 2 atom stereocenters. The van der Waals surface area contributed by atoms with E-state index in [9.17, 15) is 0 Å². The predicted octanol–water partition coefficient (Wildman–Crippen LogP) is 3.86. The lowest BCUT2D eigenvalue weighted by molar-refractivity contribution is 0.0976. The highest BCUT2D eigenvalue weighted by Gasteiger charge is 2.11. The van der Waals surface area contributed by atoms with Gasteiger partial charge in [-0.2, -0.15) is 0 Å². The topological polar surface area (TPSA) is 9.23 Å². The van der Waals surface area contributed by atoms with Gasteiger partial charge < -0.3 is 4.74 Å². The van der Waals surface area contributed by atoms with Crippen molar-refractivity contribution in [3.05, 3.63) is 0 Å². The Labute approximate surface area is 91.4 Å². The molecular formula is C11H23BrO. The molecule has 0 amide bonds. The monoisotopic (exact) mass is 250 g/mol. The number of ether oxygens (including phenoxy) is 1. The molecular weight excluding hydrogens is 228 g/mol. The standard InChI is InChI=1S/C11H23BrO/c1-5-11(10(4)12)6-7-13-8-9(2)3/h9-11H,5-8H2,1-4H3. The van der Waals surface area contributed by atoms with Crippen LogP contribution in [0.15, 0.2) is 0 Å². The summed E-state index contributed by atoms with van der Waals surface area (Å²) in [5.41, 5.74) is 0. The zero-order valence-corrected chi connectivity index (χ0v) is 10.9. The lowest BCUT2D eigenvalue weighted by atomic mass is 10.0. The molecule has 0 aliphatic carbocycles. The SMILES string of the molecule is CCC(CCOCC(C)C)C(C)Br. The molecule has 2 heteroatoms. The van der Waals surface area contributed by atoms with Crippen LogP contribution in [0, 0.1) is 11.8 Å². The molecule has 13 heavy (non-hydrogen) atoms. The second-order valence-corrected chi connectivity index (χ2v) is 5.55. The van der Waals surface area contributed by atoms with Gasteiger partial charge in [-0.15, -0.1) is 0 Å². The summed E-state index contributed by atoms with van der Waals surface area (Å²) in [6, 6.07) is 0. The first-order chi connectivity index (χ1) is 6.07. The van der Waals surface area contributed by atoms with Gasteiger partial charge in [0.2, 0.25) is 0 Å². The molecule has 0 N–H and O–H groups in total. The number of hydrogen-bond acceptors (Lipinski definition) is 1. The van der Waals surface area contributed by atoms with Crippen LogP contribution in [0.25, 0.3) is 0 Å². The Hall–Kier alpha value is 0.440. The first-order valence-corrected chi connectivity index (χ1v) is 6.21. The Balaban J connectivity index is 3.39. The molecule has 0 aliphatic heterocycles. The van der Waals surface area contributed by atoms with E-state index in [0.717, 1.165) is 19.1 Å². The molecule has 0 saturated carbocycles. The van der Waals surface area contributed by atoms with E-state index in [0.29, 0.717) is 10.7 Å². The van der Waals surface area contributed by atoms with Crippen molar-refractivity contribution in [1.82, 2.24) is 0 Å². The Morgan fingerprint density at radius 1 is 1.23 bits per heavy atom. The van der Waals surface area contributed by atoms with Crippen LogP contribution in [-0.2, 0) is 4.74 Å². The lowest BCUT2D eigenvalue weighted by Crippen LogP contribution is -2.14. The van der Waals surface area contributed by atoms with E-state index in [4.69, 9.17) is 4.74 Å². The summed E-state index contributed by atoms with van der Waals surface area (Å²) in [4.78, 5) is 0.611. The van der Waals surface area contributed by atoms with Crippen molar-refractivity contribution in [2.45, 2.75) is 45.4 Å². The molecule has 0 rings (SSSR count). The van der Waals surface area contributed by atoms with E-state index in [2.05, 4.69) is 43.6 Å². The molecule has 0 fully saturated rings. The van der Waals surface area contributed by atoms with Crippen LogP contribution in [0.5, 0.6) is 0 Å². The third-order valence-corrected chi connectivity index (χ3v) is 3.01. The first-order valence-electron chi connectivity index (χ1n) is 5.29. The summed E-state index contributed by atoms with van der Waals surface area (Å²) >= 11 is 3.63. The molecule has 80 valence electrons. The van der Waals surface area contributed by atoms with Crippen LogP contribution in [0.2, 0.25) is 0 Å². The van der Waals surface area contributed by atoms with Crippen LogP contribution in [0.3, 0.4) is 0 Å². The van der Waals surface area contributed by atoms with Gasteiger partial charge in [0.25, 0.3) is 0 Å². The number of halogens is 1. The average molecular weight is 251 g/mol. The maximum atomic E-state index is 5.56. The average Bonchev–Trinajstić information content (AvgIpc) is 2.03. The third-order valence-electron chi connectivity index (χ3n) is 2.26. The van der Waals surface area contributed by atoms with Crippen molar-refractivity contribution in [3.8, 4) is 0 Å². The van der Waals surface area contributed by atoms with Crippen LogP contribution in [0.4, 0.5) is 0 Å². The molecule has 0 aromatic rings. The fourth-order valence-electron chi connectivity index (χ4n) is 1.31. The van der Waals surface area contributed by atoms with Gasteiger partial charge in [0.15, 0.2) is 0 Å². The van der Waals surface area contributed by atoms with E-state index in [1.807, 2.05) is 0 Å². The molecule has 1 nitrogen and oxygen atoms in total. The lowest BCUT2D eigenvalue weighted by Gasteiger charge is -2.17. The normalized spacial score (nSPS) is 16.2. The van der Waals surface area contributed by atoms with Crippen molar-refractivity contribution in [2.24, 2.45) is 11.8 Å². The minimum absolute atomic E-state index is 0.611. The van der Waals surface area contributed by atoms with Crippen molar-refractivity contribution < 1.29 is 4.74 Å². The Morgan fingerprint density at radius 3 is 2.23 bits per heavy atom. The van der Waals surface area contributed by atoms with Crippen molar-refractivity contribution >= 4 is 15.9 Å². The second-order valence-electron chi connectivity index (χ2n) is 4.10. The highest BCUT2D eigenvalue weighted by atomic mass is 79.9. The predicted molar refractivity (Wildman–Crippen MR) is 62.4 cm³/mol. The molecule has 0 aromatic carbocycles. The smallest absolute Gasteiger partial charge is 0.0488 e. The summed E-state index contributed by atoms with van der Waals surface area (Å²) < 4.78 is 5.56. The van der Waals surface area contributed by atoms with Crippen LogP contribution in [-0.4, -0.2) is 18.0 Å². The quantitative estimate of drug-likeness (QED) is 0.493. The van der Waals surface area contributed by atoms with Crippen LogP contribution >= 0.6 is 15.9 Å². The number of hydrogen-bond donors (Lipinski definition) is 0. The molecule has 0 saturated heterocycles. The van der Waals surface area contributed by atoms with E-state index in [1.165, 1.54) is 12.8 Å². The van der Waals surface area contributed by atoms with Gasteiger partial charge in [-0.25, -0.2) is 0 Å². The zero-order valence-electron chi connectivity index (χ0n) is 9.35. The molecule has 0 aromatic heterocycles. The zero-order chi connectivity index (χ0) is 10.3. The molecule has 0 bridgehead atoms. The van der Waals surface area contributed by atoms with E-state index in [-0.39, 0.29) is 0 Å². The van der Waals surface area contributed by atoms with Crippen molar-refractivity contribution in [3.63, 3.8) is 0 Å². The van der Waals surface area contributed by atoms with E-state index < -0.39 is 0 Å². The number of rotatable bonds is 7. The maximum Gasteiger partial charge on any atom is 0.0488 e. The molecule has 2 unspecified atom stereocenters. The fourth-order valence-corrected chi connectivity index (χ4v) is 1.95. The first kappa shape index (κ1) is 13.4. The van der Waals surface area contributed by atoms with Gasteiger partial charge in [0.05, 0.1) is 0 Å². The van der Waals surface area contributed by atoms with Crippen LogP contribution in [0.1, 0.15) is 40.5 Å². The number of alkyl halides is 1. The van der Waals surface area contributed by atoms with E-state index >= 15 is 0 Å². The highest BCUT2D eigenvalue weighted by molar-refractivity contribution is 9.09. The summed E-state index contributed by atoms with van der Waals surface area (Å²) in [6.45, 7) is 10.6. The highest BCUT2D eigenvalue weighted by Crippen LogP contribution is 2.19. The Morgan fingerprint density at radius 2 is 1.85 bits per heavy atom. The largest absolute Gasteiger partial charge is 0.381 e. The summed E-state index contributed by atoms with van der Waals surface area (Å²) in [5, 5.41) is 0. The van der Waals surface area contributed by atoms with Gasteiger partial charge >= 0.3 is 0 Å². The summed E-state index contributed by atoms with van der Waals surface area (Å²) in [6.07, 6.45) is 2.41. The second kappa shape index (κ2) is 7.81. The van der Waals surface area contributed by atoms with E-state index in [1.54, 1.807) is 0 Å². The fraction of sp³-hybridized carbons (Fsp3) is 1.00. The van der Waals surface area contributed by atoms with Crippen molar-refractivity contribution in [1.29, 1.82) is 0 Å². The molecule has 0 radical (unpaired) electrons. The summed E-state index contributed by atoms with van der Waals surface area (Å²) in [7, 11) is 0. The molecule has 0 aliphatic rings.